The molecular formula is C15H12NNaO2S2. The maximum absolute atomic E-state index is 12.2. The Morgan fingerprint density at radius 3 is 2.67 bits per heavy atom. The summed E-state index contributed by atoms with van der Waals surface area (Å²) in [4.78, 5) is 14.7. The van der Waals surface area contributed by atoms with E-state index in [-0.39, 0.29) is 40.8 Å². The van der Waals surface area contributed by atoms with Gasteiger partial charge in [0.1, 0.15) is 5.37 Å². The Labute approximate surface area is 155 Å². The van der Waals surface area contributed by atoms with Crippen LogP contribution in [-0.2, 0) is 4.79 Å². The summed E-state index contributed by atoms with van der Waals surface area (Å²) in [6, 6.07) is 9.71. The number of allylic oxidation sites excluding steroid dienone is 1. The van der Waals surface area contributed by atoms with Crippen LogP contribution in [0.25, 0.3) is 6.08 Å². The van der Waals surface area contributed by atoms with Crippen LogP contribution in [0.1, 0.15) is 18.9 Å². The van der Waals surface area contributed by atoms with Gasteiger partial charge in [-0.15, -0.1) is 0 Å². The van der Waals surface area contributed by atoms with Crippen LogP contribution in [0.2, 0.25) is 0 Å². The summed E-state index contributed by atoms with van der Waals surface area (Å²) in [5, 5.41) is 11.0. The van der Waals surface area contributed by atoms with E-state index in [0.29, 0.717) is 5.70 Å². The predicted octanol–water partition coefficient (Wildman–Crippen LogP) is -0.702. The minimum atomic E-state index is -0.441. The van der Waals surface area contributed by atoms with Gasteiger partial charge in [-0.25, -0.2) is 0 Å². The fourth-order valence-electron chi connectivity index (χ4n) is 2.41. The predicted molar refractivity (Wildman–Crippen MR) is 82.6 cm³/mol. The first-order valence-corrected chi connectivity index (χ1v) is 7.63. The molecule has 6 heteroatoms. The van der Waals surface area contributed by atoms with Crippen molar-refractivity contribution in [1.82, 2.24) is 4.90 Å². The van der Waals surface area contributed by atoms with Gasteiger partial charge in [0.25, 0.3) is 5.91 Å². The molecule has 102 valence electrons. The minimum Gasteiger partial charge on any atom is -0.863 e. The number of carbonyl (C=O) groups excluding carboxylic acids is 1. The van der Waals surface area contributed by atoms with Crippen LogP contribution >= 0.6 is 24.0 Å². The van der Waals surface area contributed by atoms with Crippen molar-refractivity contribution >= 4 is 41.0 Å². The number of nitrogens with zero attached hydrogens (tertiary/aromatic N) is 1. The number of fused-ring (bicyclic) bond motifs is 1. The maximum atomic E-state index is 12.2. The number of amides is 1. The summed E-state index contributed by atoms with van der Waals surface area (Å²) in [7, 11) is 0. The number of thioether (sulfide) groups is 1. The van der Waals surface area contributed by atoms with Gasteiger partial charge < -0.3 is 5.11 Å². The number of rotatable bonds is 3. The standard InChI is InChI=1S/C15H13NO2S2.Na/c1-2-11-12(15(18)19)16-13(17)10(14(16)20-11)8-9-6-4-3-5-7-9;/h3-8,14H,2H2,1H3,(H,18,19);/q;+1/p-1/b10-8-;. The number of hydrogen-bond donors (Lipinski definition) is 0. The summed E-state index contributed by atoms with van der Waals surface area (Å²) >= 11 is 6.30. The van der Waals surface area contributed by atoms with Gasteiger partial charge in [0.15, 0.2) is 0 Å². The molecule has 1 atom stereocenters. The summed E-state index contributed by atoms with van der Waals surface area (Å²) in [6.07, 6.45) is 2.61. The van der Waals surface area contributed by atoms with Crippen LogP contribution in [-0.4, -0.2) is 21.2 Å². The van der Waals surface area contributed by atoms with Gasteiger partial charge in [-0.1, -0.05) is 61.2 Å². The number of benzene rings is 1. The molecule has 2 aliphatic rings. The molecule has 0 spiro atoms. The molecule has 0 bridgehead atoms. The van der Waals surface area contributed by atoms with Gasteiger partial charge in [-0.2, -0.15) is 0 Å². The Bertz CT molecular complexity index is 655. The molecule has 3 nitrogen and oxygen atoms in total. The third kappa shape index (κ3) is 2.85. The van der Waals surface area contributed by atoms with Gasteiger partial charge in [0, 0.05) is 4.91 Å². The first-order valence-electron chi connectivity index (χ1n) is 6.34. The summed E-state index contributed by atoms with van der Waals surface area (Å²) < 4.78 is 0. The number of carbonyl (C=O) groups is 1. The Hall–Kier alpha value is -0.590. The summed E-state index contributed by atoms with van der Waals surface area (Å²) in [5.41, 5.74) is 2.14. The van der Waals surface area contributed by atoms with E-state index < -0.39 is 5.05 Å². The molecule has 0 aliphatic carbocycles. The van der Waals surface area contributed by atoms with Crippen molar-refractivity contribution in [2.24, 2.45) is 0 Å². The van der Waals surface area contributed by atoms with Gasteiger partial charge >= 0.3 is 29.6 Å². The number of thiocarbonyl (C=S) groups is 1. The van der Waals surface area contributed by atoms with E-state index in [1.54, 1.807) is 11.8 Å². The average Bonchev–Trinajstić information content (AvgIpc) is 2.81. The van der Waals surface area contributed by atoms with E-state index in [0.717, 1.165) is 22.5 Å². The molecule has 3 rings (SSSR count). The molecule has 0 saturated carbocycles. The topological polar surface area (TPSA) is 43.4 Å². The van der Waals surface area contributed by atoms with Gasteiger partial charge in [0.2, 0.25) is 0 Å². The zero-order valence-electron chi connectivity index (χ0n) is 11.8. The molecule has 2 heterocycles. The normalized spacial score (nSPS) is 22.0. The van der Waals surface area contributed by atoms with Crippen LogP contribution in [0.15, 0.2) is 46.5 Å². The van der Waals surface area contributed by atoms with Crippen molar-refractivity contribution in [2.75, 3.05) is 0 Å². The monoisotopic (exact) mass is 325 g/mol. The van der Waals surface area contributed by atoms with Crippen LogP contribution < -0.4 is 34.7 Å². The van der Waals surface area contributed by atoms with E-state index in [1.165, 1.54) is 4.90 Å². The van der Waals surface area contributed by atoms with Crippen molar-refractivity contribution in [2.45, 2.75) is 18.7 Å². The second-order valence-corrected chi connectivity index (χ2v) is 6.11. The van der Waals surface area contributed by atoms with Gasteiger partial charge in [-0.05, 0) is 23.1 Å². The van der Waals surface area contributed by atoms with Crippen LogP contribution in [0.4, 0.5) is 0 Å². The van der Waals surface area contributed by atoms with Crippen LogP contribution in [0.5, 0.6) is 0 Å². The van der Waals surface area contributed by atoms with E-state index in [9.17, 15) is 9.90 Å². The van der Waals surface area contributed by atoms with Crippen molar-refractivity contribution in [3.8, 4) is 0 Å². The molecule has 0 N–H and O–H groups in total. The molecule has 0 aromatic heterocycles. The summed E-state index contributed by atoms with van der Waals surface area (Å²) in [5.74, 6) is -0.108. The molecule has 1 saturated heterocycles. The molecule has 1 fully saturated rings. The SMILES string of the molecule is CCC1=C(C([O-])=S)N2C(=O)/C(=C/c3ccccc3)C2S1.[Na+]. The summed E-state index contributed by atoms with van der Waals surface area (Å²) in [6.45, 7) is 1.97. The van der Waals surface area contributed by atoms with Gasteiger partial charge in [-0.3, -0.25) is 9.69 Å². The van der Waals surface area contributed by atoms with E-state index in [2.05, 4.69) is 0 Å². The second kappa shape index (κ2) is 6.67. The zero-order chi connectivity index (χ0) is 14.3. The second-order valence-electron chi connectivity index (χ2n) is 4.57. The molecule has 2 aliphatic heterocycles. The number of β-lactam (4-membered cyclic amide) rings is 1. The molecule has 21 heavy (non-hydrogen) atoms. The molecule has 1 aromatic rings. The first-order chi connectivity index (χ1) is 9.63. The molecular weight excluding hydrogens is 313 g/mol. The average molecular weight is 325 g/mol. The molecule has 1 unspecified atom stereocenters. The number of hydrogen-bond acceptors (Lipinski definition) is 4. The van der Waals surface area contributed by atoms with Crippen LogP contribution in [0, 0.1) is 0 Å². The zero-order valence-corrected chi connectivity index (χ0v) is 15.5. The Morgan fingerprint density at radius 1 is 1.43 bits per heavy atom. The Morgan fingerprint density at radius 2 is 2.10 bits per heavy atom. The van der Waals surface area contributed by atoms with E-state index >= 15 is 0 Å². The Balaban J connectivity index is 0.00000161. The van der Waals surface area contributed by atoms with Gasteiger partial charge in [0.05, 0.1) is 11.3 Å². The van der Waals surface area contributed by atoms with Crippen LogP contribution in [0.3, 0.4) is 0 Å². The Kier molecular flexibility index (Phi) is 5.33. The third-order valence-electron chi connectivity index (χ3n) is 3.36. The maximum Gasteiger partial charge on any atom is 1.00 e. The first kappa shape index (κ1) is 16.8. The van der Waals surface area contributed by atoms with E-state index in [1.807, 2.05) is 43.3 Å². The smallest absolute Gasteiger partial charge is 0.863 e. The van der Waals surface area contributed by atoms with E-state index in [4.69, 9.17) is 12.2 Å². The fourth-order valence-corrected chi connectivity index (χ4v) is 4.04. The molecule has 1 aromatic carbocycles. The molecule has 0 radical (unpaired) electrons. The van der Waals surface area contributed by atoms with Crippen molar-refractivity contribution in [3.05, 3.63) is 52.1 Å². The minimum absolute atomic E-state index is 0. The van der Waals surface area contributed by atoms with Crippen molar-refractivity contribution in [1.29, 1.82) is 0 Å². The van der Waals surface area contributed by atoms with Crippen molar-refractivity contribution in [3.63, 3.8) is 0 Å². The fraction of sp³-hybridized carbons (Fsp3) is 0.200. The molecule has 1 amide bonds. The largest absolute Gasteiger partial charge is 1.00 e. The van der Waals surface area contributed by atoms with Crippen molar-refractivity contribution < 1.29 is 39.5 Å². The third-order valence-corrected chi connectivity index (χ3v) is 5.01. The quantitative estimate of drug-likeness (QED) is 0.319.